The van der Waals surface area contributed by atoms with Crippen LogP contribution < -0.4 is 5.56 Å². The van der Waals surface area contributed by atoms with Gasteiger partial charge in [0.25, 0.3) is 5.56 Å². The van der Waals surface area contributed by atoms with Crippen LogP contribution in [0.4, 0.5) is 0 Å². The summed E-state index contributed by atoms with van der Waals surface area (Å²) < 4.78 is 1.49. The number of aryl methyl sites for hydroxylation is 2. The molecule has 136 valence electrons. The van der Waals surface area contributed by atoms with E-state index in [2.05, 4.69) is 20.2 Å². The van der Waals surface area contributed by atoms with Gasteiger partial charge >= 0.3 is 0 Å². The molecule has 7 heteroatoms. The van der Waals surface area contributed by atoms with Crippen molar-refractivity contribution in [1.29, 1.82) is 0 Å². The van der Waals surface area contributed by atoms with E-state index in [4.69, 9.17) is 0 Å². The van der Waals surface area contributed by atoms with Crippen molar-refractivity contribution in [2.24, 2.45) is 15.2 Å². The average Bonchev–Trinajstić information content (AvgIpc) is 3.16. The lowest BCUT2D eigenvalue weighted by molar-refractivity contribution is 0.0988. The van der Waals surface area contributed by atoms with Crippen molar-refractivity contribution < 1.29 is 4.79 Å². The van der Waals surface area contributed by atoms with E-state index in [0.29, 0.717) is 31.0 Å². The Kier molecular flexibility index (Phi) is 6.66. The van der Waals surface area contributed by atoms with Crippen LogP contribution in [0.1, 0.15) is 40.5 Å². The fraction of sp³-hybridized carbons (Fsp3) is 0.368. The van der Waals surface area contributed by atoms with Crippen LogP contribution in [0.15, 0.2) is 50.6 Å². The number of benzene rings is 1. The molecule has 0 aliphatic carbocycles. The molecule has 0 bridgehead atoms. The fourth-order valence-electron chi connectivity index (χ4n) is 2.22. The number of carbonyl (C=O) groups excluding carboxylic acids is 1. The van der Waals surface area contributed by atoms with Crippen molar-refractivity contribution in [1.82, 2.24) is 9.55 Å². The molecular formula is C19H23N5O2. The number of aliphatic imine (C=N–C) groups is 1. The first-order chi connectivity index (χ1) is 12.4. The van der Waals surface area contributed by atoms with Gasteiger partial charge in [-0.2, -0.15) is 5.11 Å². The Morgan fingerprint density at radius 1 is 1.15 bits per heavy atom. The molecule has 0 saturated heterocycles. The number of azo groups is 1. The van der Waals surface area contributed by atoms with Crippen LogP contribution in [-0.2, 0) is 6.54 Å². The number of hydrogen-bond acceptors (Lipinski definition) is 6. The lowest BCUT2D eigenvalue weighted by atomic mass is 10.1. The van der Waals surface area contributed by atoms with Crippen molar-refractivity contribution in [3.63, 3.8) is 0 Å². The van der Waals surface area contributed by atoms with E-state index in [9.17, 15) is 9.59 Å². The summed E-state index contributed by atoms with van der Waals surface area (Å²) in [5.41, 5.74) is 3.38. The molecule has 0 amide bonds. The second-order valence-electron chi connectivity index (χ2n) is 5.99. The van der Waals surface area contributed by atoms with Crippen LogP contribution in [0.5, 0.6) is 0 Å². The van der Waals surface area contributed by atoms with E-state index < -0.39 is 0 Å². The number of ketones is 1. The molecule has 1 aromatic heterocycles. The molecule has 0 atom stereocenters. The Hall–Kier alpha value is -2.96. The smallest absolute Gasteiger partial charge is 0.256 e. The summed E-state index contributed by atoms with van der Waals surface area (Å²) in [7, 11) is 0. The molecule has 7 nitrogen and oxygen atoms in total. The minimum Gasteiger partial charge on any atom is -0.294 e. The summed E-state index contributed by atoms with van der Waals surface area (Å²) in [5.74, 6) is 0.784. The predicted molar refractivity (Wildman–Crippen MR) is 101 cm³/mol. The van der Waals surface area contributed by atoms with Gasteiger partial charge in [0.05, 0.1) is 12.9 Å². The first-order valence-electron chi connectivity index (χ1n) is 8.45. The number of hydrogen-bond donors (Lipinski definition) is 0. The monoisotopic (exact) mass is 353 g/mol. The summed E-state index contributed by atoms with van der Waals surface area (Å²) in [6, 6.07) is 7.67. The zero-order valence-corrected chi connectivity index (χ0v) is 15.6. The van der Waals surface area contributed by atoms with Crippen LogP contribution in [0.25, 0.3) is 0 Å². The van der Waals surface area contributed by atoms with E-state index in [-0.39, 0.29) is 11.3 Å². The number of carbonyl (C=O) groups is 1. The topological polar surface area (TPSA) is 89.0 Å². The first-order valence-corrected chi connectivity index (χ1v) is 8.45. The fourth-order valence-corrected chi connectivity index (χ4v) is 2.22. The van der Waals surface area contributed by atoms with Gasteiger partial charge in [0.2, 0.25) is 0 Å². The summed E-state index contributed by atoms with van der Waals surface area (Å²) in [4.78, 5) is 31.0. The van der Waals surface area contributed by atoms with Crippen LogP contribution in [0.3, 0.4) is 0 Å². The Labute approximate surface area is 152 Å². The summed E-state index contributed by atoms with van der Waals surface area (Å²) in [6.45, 7) is 8.17. The van der Waals surface area contributed by atoms with E-state index in [1.165, 1.54) is 16.5 Å². The number of nitrogens with zero attached hydrogens (tertiary/aromatic N) is 5. The largest absolute Gasteiger partial charge is 0.294 e. The van der Waals surface area contributed by atoms with Gasteiger partial charge < -0.3 is 0 Å². The number of rotatable bonds is 4. The zero-order valence-electron chi connectivity index (χ0n) is 15.6. The third-order valence-corrected chi connectivity index (χ3v) is 4.02. The molecule has 0 unspecified atom stereocenters. The van der Waals surface area contributed by atoms with Crippen LogP contribution in [0.2, 0.25) is 0 Å². The van der Waals surface area contributed by atoms with Crippen molar-refractivity contribution in [2.45, 2.75) is 40.7 Å². The van der Waals surface area contributed by atoms with Crippen molar-refractivity contribution in [3.8, 4) is 0 Å². The number of Topliss-reactive ketones (excluding diaryl/α,β-unsaturated/α-hetero) is 1. The van der Waals surface area contributed by atoms with Crippen molar-refractivity contribution in [3.05, 3.63) is 63.3 Å². The Morgan fingerprint density at radius 2 is 1.85 bits per heavy atom. The molecule has 2 heterocycles. The molecule has 1 aromatic carbocycles. The Bertz CT molecular complexity index is 895. The molecule has 0 N–H and O–H groups in total. The van der Waals surface area contributed by atoms with Gasteiger partial charge in [-0.3, -0.25) is 14.2 Å². The lowest BCUT2D eigenvalue weighted by Gasteiger charge is -2.05. The quantitative estimate of drug-likeness (QED) is 0.790. The molecule has 3 rings (SSSR count). The number of aromatic nitrogens is 2. The van der Waals surface area contributed by atoms with Gasteiger partial charge in [-0.25, -0.2) is 9.98 Å². The molecule has 26 heavy (non-hydrogen) atoms. The molecule has 0 spiro atoms. The molecule has 0 fully saturated rings. The van der Waals surface area contributed by atoms with Gasteiger partial charge in [-0.15, -0.1) is 5.11 Å². The second-order valence-corrected chi connectivity index (χ2v) is 5.99. The SMILES string of the molecule is CCC(=O)c1ccc(C)cc1.Cc1ncn(CC2=NCN=N2)c(=O)c1C. The van der Waals surface area contributed by atoms with Crippen molar-refractivity contribution >= 4 is 11.6 Å². The lowest BCUT2D eigenvalue weighted by Crippen LogP contribution is -2.26. The van der Waals surface area contributed by atoms with Gasteiger partial charge in [-0.05, 0) is 20.8 Å². The normalized spacial score (nSPS) is 12.4. The highest BCUT2D eigenvalue weighted by Gasteiger charge is 2.08. The maximum Gasteiger partial charge on any atom is 0.256 e. The average molecular weight is 353 g/mol. The van der Waals surface area contributed by atoms with E-state index in [1.807, 2.05) is 45.0 Å². The maximum atomic E-state index is 11.8. The van der Waals surface area contributed by atoms with E-state index in [0.717, 1.165) is 11.3 Å². The molecule has 0 radical (unpaired) electrons. The summed E-state index contributed by atoms with van der Waals surface area (Å²) >= 11 is 0. The third-order valence-electron chi connectivity index (χ3n) is 4.02. The molecule has 0 saturated carbocycles. The first kappa shape index (κ1) is 19.4. The molecule has 1 aliphatic rings. The van der Waals surface area contributed by atoms with Gasteiger partial charge in [0.15, 0.2) is 18.3 Å². The van der Waals surface area contributed by atoms with Crippen LogP contribution in [-0.4, -0.2) is 27.8 Å². The summed E-state index contributed by atoms with van der Waals surface area (Å²) in [6.07, 6.45) is 2.10. The molecule has 2 aromatic rings. The highest BCUT2D eigenvalue weighted by molar-refractivity contribution is 5.95. The highest BCUT2D eigenvalue weighted by Crippen LogP contribution is 2.05. The minimum atomic E-state index is -0.0488. The third kappa shape index (κ3) is 5.02. The second kappa shape index (κ2) is 8.94. The number of amidine groups is 1. The van der Waals surface area contributed by atoms with Crippen LogP contribution in [0, 0.1) is 20.8 Å². The Balaban J connectivity index is 0.000000197. The Morgan fingerprint density at radius 3 is 2.42 bits per heavy atom. The standard InChI is InChI=1S/C10H12O.C9H11N5O/c1-3-10(11)9-6-4-8(2)5-7-9;1-6-7(2)11-5-14(9(6)15)3-8-10-4-12-13-8/h4-7H,3H2,1-2H3;5H,3-4H2,1-2H3. The van der Waals surface area contributed by atoms with E-state index >= 15 is 0 Å². The van der Waals surface area contributed by atoms with Gasteiger partial charge in [0.1, 0.15) is 0 Å². The predicted octanol–water partition coefficient (Wildman–Crippen LogP) is 3.27. The summed E-state index contributed by atoms with van der Waals surface area (Å²) in [5, 5.41) is 7.53. The van der Waals surface area contributed by atoms with Crippen LogP contribution >= 0.6 is 0 Å². The molecular weight excluding hydrogens is 330 g/mol. The molecule has 1 aliphatic heterocycles. The maximum absolute atomic E-state index is 11.8. The minimum absolute atomic E-state index is 0.0488. The van der Waals surface area contributed by atoms with Gasteiger partial charge in [-0.1, -0.05) is 36.8 Å². The van der Waals surface area contributed by atoms with E-state index in [1.54, 1.807) is 6.92 Å². The van der Waals surface area contributed by atoms with Crippen molar-refractivity contribution in [2.75, 3.05) is 6.67 Å². The zero-order chi connectivity index (χ0) is 19.1. The van der Waals surface area contributed by atoms with Gasteiger partial charge in [0, 0.05) is 23.2 Å². The highest BCUT2D eigenvalue weighted by atomic mass is 16.1.